The number of rotatable bonds is 2. The molecule has 1 aromatic rings. The fourth-order valence-electron chi connectivity index (χ4n) is 1.04. The summed E-state index contributed by atoms with van der Waals surface area (Å²) in [5, 5.41) is 13.8. The van der Waals surface area contributed by atoms with E-state index in [4.69, 9.17) is 5.26 Å². The Morgan fingerprint density at radius 2 is 2.13 bits per heavy atom. The molecule has 15 heavy (non-hydrogen) atoms. The quantitative estimate of drug-likeness (QED) is 0.770. The molecule has 0 spiro atoms. The van der Waals surface area contributed by atoms with Gasteiger partial charge < -0.3 is 10.6 Å². The second kappa shape index (κ2) is 4.82. The summed E-state index contributed by atoms with van der Waals surface area (Å²) >= 11 is 0. The Labute approximate surface area is 88.2 Å². The van der Waals surface area contributed by atoms with E-state index in [0.717, 1.165) is 0 Å². The molecule has 0 saturated carbocycles. The molecule has 2 N–H and O–H groups in total. The molecule has 0 fully saturated rings. The minimum Gasteiger partial charge on any atom is -0.312 e. The van der Waals surface area contributed by atoms with Crippen molar-refractivity contribution in [2.24, 2.45) is 0 Å². The molecule has 0 bridgehead atoms. The van der Waals surface area contributed by atoms with Crippen molar-refractivity contribution >= 4 is 11.7 Å². The molecular weight excluding hydrogens is 190 g/mol. The topological polar surface area (TPSA) is 64.9 Å². The third-order valence-electron chi connectivity index (χ3n) is 1.62. The zero-order chi connectivity index (χ0) is 11.3. The number of anilines is 1. The summed E-state index contributed by atoms with van der Waals surface area (Å²) in [6.45, 7) is 5.22. The van der Waals surface area contributed by atoms with Gasteiger partial charge >= 0.3 is 6.03 Å². The van der Waals surface area contributed by atoms with Gasteiger partial charge in [0.2, 0.25) is 0 Å². The van der Waals surface area contributed by atoms with E-state index >= 15 is 0 Å². The summed E-state index contributed by atoms with van der Waals surface area (Å²) in [6, 6.07) is 8.37. The van der Waals surface area contributed by atoms with Crippen LogP contribution in [-0.4, -0.2) is 6.03 Å². The summed E-state index contributed by atoms with van der Waals surface area (Å²) in [6.07, 6.45) is 0. The number of carbonyl (C=O) groups excluding carboxylic acids is 1. The van der Waals surface area contributed by atoms with E-state index < -0.39 is 6.03 Å². The first-order valence-corrected chi connectivity index (χ1v) is 4.36. The number of hydrogen-bond donors (Lipinski definition) is 2. The average molecular weight is 201 g/mol. The Morgan fingerprint density at radius 3 is 2.73 bits per heavy atom. The van der Waals surface area contributed by atoms with Crippen LogP contribution in [0.5, 0.6) is 0 Å². The molecule has 2 amide bonds. The van der Waals surface area contributed by atoms with Gasteiger partial charge in [-0.05, 0) is 19.1 Å². The van der Waals surface area contributed by atoms with Crippen LogP contribution in [0.3, 0.4) is 0 Å². The van der Waals surface area contributed by atoms with Gasteiger partial charge in [-0.2, -0.15) is 5.26 Å². The zero-order valence-electron chi connectivity index (χ0n) is 8.37. The van der Waals surface area contributed by atoms with Crippen molar-refractivity contribution in [2.75, 3.05) is 5.32 Å². The molecule has 0 saturated heterocycles. The van der Waals surface area contributed by atoms with Gasteiger partial charge in [0.25, 0.3) is 0 Å². The van der Waals surface area contributed by atoms with Crippen molar-refractivity contribution in [1.29, 1.82) is 5.26 Å². The Balaban J connectivity index is 2.77. The normalized spacial score (nSPS) is 8.80. The van der Waals surface area contributed by atoms with Crippen LogP contribution in [0.2, 0.25) is 0 Å². The number of nitrogens with one attached hydrogen (secondary N) is 2. The molecule has 0 aliphatic heterocycles. The van der Waals surface area contributed by atoms with Gasteiger partial charge in [0.1, 0.15) is 6.07 Å². The molecular formula is C11H11N3O. The Bertz CT molecular complexity index is 432. The molecule has 0 aliphatic carbocycles. The van der Waals surface area contributed by atoms with Crippen molar-refractivity contribution in [1.82, 2.24) is 5.32 Å². The molecule has 0 heterocycles. The highest BCUT2D eigenvalue weighted by atomic mass is 16.2. The first kappa shape index (κ1) is 10.8. The monoisotopic (exact) mass is 201 g/mol. The maximum absolute atomic E-state index is 11.3. The molecule has 0 aromatic heterocycles. The second-order valence-corrected chi connectivity index (χ2v) is 3.02. The van der Waals surface area contributed by atoms with E-state index in [1.54, 1.807) is 31.2 Å². The molecule has 76 valence electrons. The standard InChI is InChI=1S/C11H11N3O/c1-8(2)13-11(15)14-10-6-4-3-5-9(10)7-12/h3-6H,1H2,2H3,(H2,13,14,15). The fourth-order valence-corrected chi connectivity index (χ4v) is 1.04. The van der Waals surface area contributed by atoms with E-state index in [1.165, 1.54) is 0 Å². The van der Waals surface area contributed by atoms with E-state index in [1.807, 2.05) is 6.07 Å². The number of amides is 2. The van der Waals surface area contributed by atoms with Crippen LogP contribution in [-0.2, 0) is 0 Å². The SMILES string of the molecule is C=C(C)NC(=O)Nc1ccccc1C#N. The van der Waals surface area contributed by atoms with Gasteiger partial charge in [0.05, 0.1) is 11.3 Å². The van der Waals surface area contributed by atoms with Gasteiger partial charge in [-0.25, -0.2) is 4.79 Å². The van der Waals surface area contributed by atoms with E-state index in [9.17, 15) is 4.79 Å². The Morgan fingerprint density at radius 1 is 1.47 bits per heavy atom. The number of para-hydroxylation sites is 1. The molecule has 0 radical (unpaired) electrons. The minimum absolute atomic E-state index is 0.398. The van der Waals surface area contributed by atoms with E-state index in [-0.39, 0.29) is 0 Å². The van der Waals surface area contributed by atoms with Crippen LogP contribution in [0.1, 0.15) is 12.5 Å². The van der Waals surface area contributed by atoms with E-state index in [0.29, 0.717) is 16.9 Å². The Hall–Kier alpha value is -2.28. The van der Waals surface area contributed by atoms with Crippen LogP contribution < -0.4 is 10.6 Å². The summed E-state index contributed by atoms with van der Waals surface area (Å²) in [5.74, 6) is 0. The van der Waals surface area contributed by atoms with Gasteiger partial charge in [0, 0.05) is 5.70 Å². The van der Waals surface area contributed by atoms with Crippen LogP contribution in [0.25, 0.3) is 0 Å². The van der Waals surface area contributed by atoms with Crippen LogP contribution >= 0.6 is 0 Å². The summed E-state index contributed by atoms with van der Waals surface area (Å²) in [5.41, 5.74) is 1.45. The number of nitrogens with zero attached hydrogens (tertiary/aromatic N) is 1. The molecule has 4 nitrogen and oxygen atoms in total. The van der Waals surface area contributed by atoms with Crippen molar-refractivity contribution in [2.45, 2.75) is 6.92 Å². The largest absolute Gasteiger partial charge is 0.323 e. The van der Waals surface area contributed by atoms with Crippen LogP contribution in [0, 0.1) is 11.3 Å². The molecule has 1 rings (SSSR count). The first-order valence-electron chi connectivity index (χ1n) is 4.36. The summed E-state index contributed by atoms with van der Waals surface area (Å²) in [4.78, 5) is 11.3. The highest BCUT2D eigenvalue weighted by Crippen LogP contribution is 2.12. The lowest BCUT2D eigenvalue weighted by Crippen LogP contribution is -2.26. The summed E-state index contributed by atoms with van der Waals surface area (Å²) in [7, 11) is 0. The number of allylic oxidation sites excluding steroid dienone is 1. The van der Waals surface area contributed by atoms with Crippen molar-refractivity contribution < 1.29 is 4.79 Å². The number of nitriles is 1. The van der Waals surface area contributed by atoms with Crippen molar-refractivity contribution in [3.63, 3.8) is 0 Å². The number of urea groups is 1. The molecule has 1 aromatic carbocycles. The van der Waals surface area contributed by atoms with E-state index in [2.05, 4.69) is 17.2 Å². The maximum atomic E-state index is 11.3. The first-order chi connectivity index (χ1) is 7.13. The predicted octanol–water partition coefficient (Wildman–Crippen LogP) is 2.21. The van der Waals surface area contributed by atoms with Gasteiger partial charge in [0.15, 0.2) is 0 Å². The van der Waals surface area contributed by atoms with Crippen molar-refractivity contribution in [3.8, 4) is 6.07 Å². The average Bonchev–Trinajstić information content (AvgIpc) is 2.17. The minimum atomic E-state index is -0.398. The predicted molar refractivity (Wildman–Crippen MR) is 58.1 cm³/mol. The second-order valence-electron chi connectivity index (χ2n) is 3.02. The highest BCUT2D eigenvalue weighted by Gasteiger charge is 2.04. The van der Waals surface area contributed by atoms with Crippen LogP contribution in [0.4, 0.5) is 10.5 Å². The maximum Gasteiger partial charge on any atom is 0.323 e. The smallest absolute Gasteiger partial charge is 0.312 e. The highest BCUT2D eigenvalue weighted by molar-refractivity contribution is 5.91. The number of carbonyl (C=O) groups is 1. The van der Waals surface area contributed by atoms with Crippen LogP contribution in [0.15, 0.2) is 36.5 Å². The van der Waals surface area contributed by atoms with Gasteiger partial charge in [-0.15, -0.1) is 0 Å². The lowest BCUT2D eigenvalue weighted by Gasteiger charge is -2.07. The number of benzene rings is 1. The number of hydrogen-bond acceptors (Lipinski definition) is 2. The Kier molecular flexibility index (Phi) is 3.47. The lowest BCUT2D eigenvalue weighted by atomic mass is 10.2. The van der Waals surface area contributed by atoms with Crippen molar-refractivity contribution in [3.05, 3.63) is 42.1 Å². The molecule has 0 unspecified atom stereocenters. The van der Waals surface area contributed by atoms with Gasteiger partial charge in [-0.1, -0.05) is 18.7 Å². The summed E-state index contributed by atoms with van der Waals surface area (Å²) < 4.78 is 0. The van der Waals surface area contributed by atoms with Gasteiger partial charge in [-0.3, -0.25) is 0 Å². The molecule has 0 atom stereocenters. The third kappa shape index (κ3) is 3.16. The zero-order valence-corrected chi connectivity index (χ0v) is 8.37. The fraction of sp³-hybridized carbons (Fsp3) is 0.0909. The molecule has 0 aliphatic rings. The lowest BCUT2D eigenvalue weighted by molar-refractivity contribution is 0.254. The molecule has 4 heteroatoms. The third-order valence-corrected chi connectivity index (χ3v) is 1.62.